The first-order valence-electron chi connectivity index (χ1n) is 6.38. The molecule has 0 bridgehead atoms. The number of nitrogens with zero attached hydrogens (tertiary/aromatic N) is 1. The molecule has 2 heterocycles. The van der Waals surface area contributed by atoms with Crippen LogP contribution in [-0.4, -0.2) is 16.9 Å². The molecule has 1 N–H and O–H groups in total. The summed E-state index contributed by atoms with van der Waals surface area (Å²) < 4.78 is 13.9. The third-order valence-corrected chi connectivity index (χ3v) is 4.92. The average Bonchev–Trinajstić information content (AvgIpc) is 2.91. The summed E-state index contributed by atoms with van der Waals surface area (Å²) in [5.41, 5.74) is 0.358. The molecular formula is C15H8BrFN2O2S2. The van der Waals surface area contributed by atoms with Gasteiger partial charge >= 0.3 is 0 Å². The number of hydrogen-bond donors (Lipinski definition) is 1. The van der Waals surface area contributed by atoms with Crippen molar-refractivity contribution < 1.29 is 14.0 Å². The van der Waals surface area contributed by atoms with E-state index in [0.717, 1.165) is 8.66 Å². The molecule has 2 aromatic rings. The predicted molar refractivity (Wildman–Crippen MR) is 94.6 cm³/mol. The Morgan fingerprint density at radius 2 is 1.87 bits per heavy atom. The number of anilines is 1. The van der Waals surface area contributed by atoms with E-state index in [0.29, 0.717) is 5.69 Å². The molecule has 1 aromatic heterocycles. The van der Waals surface area contributed by atoms with Crippen molar-refractivity contribution in [3.05, 3.63) is 56.5 Å². The Balaban J connectivity index is 2.00. The molecule has 0 radical (unpaired) electrons. The summed E-state index contributed by atoms with van der Waals surface area (Å²) >= 11 is 9.79. The van der Waals surface area contributed by atoms with Crippen LogP contribution in [0.5, 0.6) is 0 Å². The van der Waals surface area contributed by atoms with Crippen LogP contribution < -0.4 is 10.2 Å². The SMILES string of the molecule is O=C1NC(=S)N(c2ccc(F)cc2)C(=O)/C1=C\c1ccc(Br)s1. The Kier molecular flexibility index (Phi) is 4.38. The number of nitrogens with one attached hydrogen (secondary N) is 1. The van der Waals surface area contributed by atoms with E-state index >= 15 is 0 Å². The molecule has 1 aromatic carbocycles. The first-order chi connectivity index (χ1) is 11.0. The average molecular weight is 411 g/mol. The first kappa shape index (κ1) is 16.0. The third kappa shape index (κ3) is 3.24. The molecule has 1 fully saturated rings. The molecule has 0 atom stereocenters. The van der Waals surface area contributed by atoms with E-state index in [2.05, 4.69) is 21.2 Å². The molecule has 1 aliphatic rings. The van der Waals surface area contributed by atoms with Crippen molar-refractivity contribution in [2.75, 3.05) is 4.90 Å². The zero-order chi connectivity index (χ0) is 16.6. The van der Waals surface area contributed by atoms with Gasteiger partial charge in [-0.3, -0.25) is 19.8 Å². The van der Waals surface area contributed by atoms with Crippen LogP contribution in [0.4, 0.5) is 10.1 Å². The van der Waals surface area contributed by atoms with Crippen LogP contribution in [0.2, 0.25) is 0 Å². The lowest BCUT2D eigenvalue weighted by Crippen LogP contribution is -2.54. The van der Waals surface area contributed by atoms with Crippen molar-refractivity contribution in [3.8, 4) is 0 Å². The highest BCUT2D eigenvalue weighted by molar-refractivity contribution is 9.11. The maximum atomic E-state index is 13.1. The molecule has 0 aliphatic carbocycles. The largest absolute Gasteiger partial charge is 0.298 e. The second-order valence-electron chi connectivity index (χ2n) is 4.58. The van der Waals surface area contributed by atoms with E-state index in [1.54, 1.807) is 6.07 Å². The van der Waals surface area contributed by atoms with Crippen molar-refractivity contribution in [2.45, 2.75) is 0 Å². The Morgan fingerprint density at radius 1 is 1.17 bits per heavy atom. The quantitative estimate of drug-likeness (QED) is 0.468. The second-order valence-corrected chi connectivity index (χ2v) is 7.46. The van der Waals surface area contributed by atoms with Gasteiger partial charge in [-0.15, -0.1) is 11.3 Å². The fourth-order valence-electron chi connectivity index (χ4n) is 2.03. The molecule has 0 unspecified atom stereocenters. The Bertz CT molecular complexity index is 845. The summed E-state index contributed by atoms with van der Waals surface area (Å²) in [5, 5.41) is 2.45. The highest BCUT2D eigenvalue weighted by atomic mass is 79.9. The smallest absolute Gasteiger partial charge is 0.270 e. The lowest BCUT2D eigenvalue weighted by Gasteiger charge is -2.28. The lowest BCUT2D eigenvalue weighted by molar-refractivity contribution is -0.122. The standard InChI is InChI=1S/C15H8BrFN2O2S2/c16-12-6-5-10(23-12)7-11-13(20)18-15(22)19(14(11)21)9-3-1-8(17)2-4-9/h1-7H,(H,18,20,22)/b11-7-. The monoisotopic (exact) mass is 410 g/mol. The van der Waals surface area contributed by atoms with Crippen LogP contribution in [0, 0.1) is 5.82 Å². The topological polar surface area (TPSA) is 49.4 Å². The van der Waals surface area contributed by atoms with Crippen LogP contribution in [-0.2, 0) is 9.59 Å². The van der Waals surface area contributed by atoms with Gasteiger partial charge in [0, 0.05) is 4.88 Å². The number of carbonyl (C=O) groups is 2. The van der Waals surface area contributed by atoms with Crippen molar-refractivity contribution in [1.82, 2.24) is 5.32 Å². The molecule has 2 amide bonds. The molecule has 3 rings (SSSR count). The minimum absolute atomic E-state index is 0.0303. The summed E-state index contributed by atoms with van der Waals surface area (Å²) in [6.07, 6.45) is 1.51. The van der Waals surface area contributed by atoms with Crippen LogP contribution in [0.15, 0.2) is 45.8 Å². The Labute approximate surface area is 148 Å². The van der Waals surface area contributed by atoms with E-state index in [9.17, 15) is 14.0 Å². The van der Waals surface area contributed by atoms with E-state index in [1.807, 2.05) is 6.07 Å². The molecular weight excluding hydrogens is 403 g/mol. The van der Waals surface area contributed by atoms with E-state index in [1.165, 1.54) is 46.6 Å². The second kappa shape index (κ2) is 6.31. The molecule has 4 nitrogen and oxygen atoms in total. The maximum Gasteiger partial charge on any atom is 0.270 e. The molecule has 8 heteroatoms. The van der Waals surface area contributed by atoms with Crippen LogP contribution in [0.3, 0.4) is 0 Å². The van der Waals surface area contributed by atoms with Crippen molar-refractivity contribution in [3.63, 3.8) is 0 Å². The van der Waals surface area contributed by atoms with Crippen molar-refractivity contribution in [2.24, 2.45) is 0 Å². The molecule has 1 aliphatic heterocycles. The van der Waals surface area contributed by atoms with Gasteiger partial charge in [0.05, 0.1) is 9.47 Å². The van der Waals surface area contributed by atoms with Gasteiger partial charge in [-0.1, -0.05) is 0 Å². The number of rotatable bonds is 2. The molecule has 0 saturated carbocycles. The molecule has 116 valence electrons. The first-order valence-corrected chi connectivity index (χ1v) is 8.40. The van der Waals surface area contributed by atoms with Crippen LogP contribution >= 0.6 is 39.5 Å². The van der Waals surface area contributed by atoms with Gasteiger partial charge in [0.25, 0.3) is 11.8 Å². The van der Waals surface area contributed by atoms with Gasteiger partial charge in [0.2, 0.25) is 0 Å². The number of benzene rings is 1. The number of thiocarbonyl (C=S) groups is 1. The number of amides is 2. The summed E-state index contributed by atoms with van der Waals surface area (Å²) in [5.74, 6) is -1.52. The van der Waals surface area contributed by atoms with Crippen LogP contribution in [0.25, 0.3) is 6.08 Å². The fourth-order valence-corrected chi connectivity index (χ4v) is 3.68. The van der Waals surface area contributed by atoms with Crippen molar-refractivity contribution >= 4 is 68.2 Å². The summed E-state index contributed by atoms with van der Waals surface area (Å²) in [6, 6.07) is 8.91. The minimum atomic E-state index is -0.553. The zero-order valence-corrected chi connectivity index (χ0v) is 14.6. The van der Waals surface area contributed by atoms with Gasteiger partial charge in [0.15, 0.2) is 5.11 Å². The fraction of sp³-hybridized carbons (Fsp3) is 0. The predicted octanol–water partition coefficient (Wildman–Crippen LogP) is 3.48. The number of thiophene rings is 1. The lowest BCUT2D eigenvalue weighted by atomic mass is 10.1. The number of carbonyl (C=O) groups excluding carboxylic acids is 2. The number of halogens is 2. The van der Waals surface area contributed by atoms with Gasteiger partial charge in [-0.2, -0.15) is 0 Å². The third-order valence-electron chi connectivity index (χ3n) is 3.07. The summed E-state index contributed by atoms with van der Waals surface area (Å²) in [7, 11) is 0. The Morgan fingerprint density at radius 3 is 2.48 bits per heavy atom. The maximum absolute atomic E-state index is 13.1. The zero-order valence-electron chi connectivity index (χ0n) is 11.4. The van der Waals surface area contributed by atoms with Gasteiger partial charge in [-0.05, 0) is 70.6 Å². The number of hydrogen-bond acceptors (Lipinski definition) is 4. The highest BCUT2D eigenvalue weighted by Gasteiger charge is 2.34. The van der Waals surface area contributed by atoms with Gasteiger partial charge < -0.3 is 0 Å². The molecule has 0 spiro atoms. The van der Waals surface area contributed by atoms with Crippen molar-refractivity contribution in [1.29, 1.82) is 0 Å². The Hall–Kier alpha value is -1.90. The van der Waals surface area contributed by atoms with E-state index in [4.69, 9.17) is 12.2 Å². The van der Waals surface area contributed by atoms with E-state index in [-0.39, 0.29) is 10.7 Å². The van der Waals surface area contributed by atoms with Gasteiger partial charge in [0.1, 0.15) is 11.4 Å². The van der Waals surface area contributed by atoms with Crippen LogP contribution in [0.1, 0.15) is 4.88 Å². The molecule has 1 saturated heterocycles. The summed E-state index contributed by atoms with van der Waals surface area (Å²) in [6.45, 7) is 0. The van der Waals surface area contributed by atoms with E-state index < -0.39 is 17.6 Å². The summed E-state index contributed by atoms with van der Waals surface area (Å²) in [4.78, 5) is 26.7. The highest BCUT2D eigenvalue weighted by Crippen LogP contribution is 2.26. The minimum Gasteiger partial charge on any atom is -0.298 e. The normalized spacial score (nSPS) is 16.9. The molecule has 23 heavy (non-hydrogen) atoms. The van der Waals surface area contributed by atoms with Gasteiger partial charge in [-0.25, -0.2) is 4.39 Å².